The highest BCUT2D eigenvalue weighted by molar-refractivity contribution is 6.30. The Kier molecular flexibility index (Phi) is 4.08. The summed E-state index contributed by atoms with van der Waals surface area (Å²) in [6.07, 6.45) is -0.235. The first kappa shape index (κ1) is 16.4. The number of rotatable bonds is 2. The van der Waals surface area contributed by atoms with E-state index in [9.17, 15) is 0 Å². The minimum Gasteiger partial charge on any atom is -0.471 e. The molecular weight excluding hydrogens is 354 g/mol. The Labute approximate surface area is 163 Å². The number of halogens is 1. The summed E-state index contributed by atoms with van der Waals surface area (Å²) in [5, 5.41) is 6.84. The molecule has 0 amide bonds. The molecule has 1 heterocycles. The average Bonchev–Trinajstić information content (AvgIpc) is 2.74. The van der Waals surface area contributed by atoms with Crippen LogP contribution in [0.25, 0.3) is 10.8 Å². The summed E-state index contributed by atoms with van der Waals surface area (Å²) in [4.78, 5) is 0. The molecule has 0 fully saturated rings. The van der Waals surface area contributed by atoms with E-state index in [0.29, 0.717) is 0 Å². The molecule has 2 nitrogen and oxygen atoms in total. The van der Waals surface area contributed by atoms with Gasteiger partial charge in [-0.3, -0.25) is 5.32 Å². The lowest BCUT2D eigenvalue weighted by molar-refractivity contribution is 0.134. The molecule has 1 aliphatic rings. The fourth-order valence-electron chi connectivity index (χ4n) is 3.78. The van der Waals surface area contributed by atoms with Crippen molar-refractivity contribution in [1.29, 1.82) is 0 Å². The van der Waals surface area contributed by atoms with Gasteiger partial charge in [-0.05, 0) is 34.5 Å². The van der Waals surface area contributed by atoms with Gasteiger partial charge in [-0.25, -0.2) is 0 Å². The van der Waals surface area contributed by atoms with Gasteiger partial charge in [-0.15, -0.1) is 0 Å². The molecule has 0 unspecified atom stereocenters. The van der Waals surface area contributed by atoms with Crippen molar-refractivity contribution >= 4 is 22.4 Å². The first-order valence-corrected chi connectivity index (χ1v) is 9.42. The fourth-order valence-corrected chi connectivity index (χ4v) is 3.91. The summed E-state index contributed by atoms with van der Waals surface area (Å²) in [6, 6.07) is 31.0. The van der Waals surface area contributed by atoms with E-state index < -0.39 is 0 Å². The number of hydrogen-bond donors (Lipinski definition) is 1. The molecule has 0 spiro atoms. The molecule has 2 atom stereocenters. The van der Waals surface area contributed by atoms with Crippen LogP contribution in [0.15, 0.2) is 91.0 Å². The van der Waals surface area contributed by atoms with Gasteiger partial charge < -0.3 is 4.74 Å². The van der Waals surface area contributed by atoms with Crippen molar-refractivity contribution in [3.05, 3.63) is 113 Å². The molecule has 3 heteroatoms. The van der Waals surface area contributed by atoms with Gasteiger partial charge in [0.2, 0.25) is 0 Å². The van der Waals surface area contributed by atoms with Crippen LogP contribution in [0, 0.1) is 0 Å². The third kappa shape index (κ3) is 2.97. The standard InChI is InChI=1S/C24H18ClNO/c25-19-13-10-18(11-14-19)24-26-23(17-7-2-1-3-8-17)22-20-9-5-4-6-16(20)12-15-21(22)27-24/h1-15,23-24,26H/t23-,24-/m0/s1. The lowest BCUT2D eigenvalue weighted by Gasteiger charge is -2.35. The predicted octanol–water partition coefficient (Wildman–Crippen LogP) is 6.26. The molecule has 132 valence electrons. The van der Waals surface area contributed by atoms with Crippen LogP contribution in [0.3, 0.4) is 0 Å². The zero-order valence-electron chi connectivity index (χ0n) is 14.6. The van der Waals surface area contributed by atoms with E-state index in [2.05, 4.69) is 66.0 Å². The van der Waals surface area contributed by atoms with Gasteiger partial charge >= 0.3 is 0 Å². The summed E-state index contributed by atoms with van der Waals surface area (Å²) in [7, 11) is 0. The predicted molar refractivity (Wildman–Crippen MR) is 110 cm³/mol. The lowest BCUT2D eigenvalue weighted by Crippen LogP contribution is -2.35. The second-order valence-electron chi connectivity index (χ2n) is 6.76. The van der Waals surface area contributed by atoms with E-state index >= 15 is 0 Å². The molecule has 5 rings (SSSR count). The van der Waals surface area contributed by atoms with E-state index in [1.165, 1.54) is 21.9 Å². The van der Waals surface area contributed by atoms with E-state index in [1.807, 2.05) is 30.3 Å². The van der Waals surface area contributed by atoms with Gasteiger partial charge in [0, 0.05) is 16.1 Å². The minimum atomic E-state index is -0.235. The number of hydrogen-bond acceptors (Lipinski definition) is 2. The molecule has 1 aliphatic heterocycles. The topological polar surface area (TPSA) is 21.3 Å². The Balaban J connectivity index is 1.68. The van der Waals surface area contributed by atoms with Crippen LogP contribution in [0.2, 0.25) is 5.02 Å². The van der Waals surface area contributed by atoms with Crippen LogP contribution in [-0.4, -0.2) is 0 Å². The molecule has 4 aromatic carbocycles. The van der Waals surface area contributed by atoms with Gasteiger partial charge in [-0.2, -0.15) is 0 Å². The largest absolute Gasteiger partial charge is 0.471 e. The van der Waals surface area contributed by atoms with Gasteiger partial charge in [0.1, 0.15) is 5.75 Å². The molecule has 1 N–H and O–H groups in total. The molecule has 0 saturated carbocycles. The maximum absolute atomic E-state index is 6.36. The Bertz CT molecular complexity index is 1090. The van der Waals surface area contributed by atoms with Crippen molar-refractivity contribution in [1.82, 2.24) is 5.32 Å². The first-order valence-electron chi connectivity index (χ1n) is 9.04. The maximum atomic E-state index is 6.36. The van der Waals surface area contributed by atoms with Crippen LogP contribution in [-0.2, 0) is 0 Å². The highest BCUT2D eigenvalue weighted by Crippen LogP contribution is 2.42. The van der Waals surface area contributed by atoms with E-state index in [1.54, 1.807) is 0 Å². The number of fused-ring (bicyclic) bond motifs is 3. The van der Waals surface area contributed by atoms with Crippen LogP contribution >= 0.6 is 11.6 Å². The van der Waals surface area contributed by atoms with Crippen molar-refractivity contribution < 1.29 is 4.74 Å². The summed E-state index contributed by atoms with van der Waals surface area (Å²) in [5.74, 6) is 0.918. The van der Waals surface area contributed by atoms with Gasteiger partial charge in [0.25, 0.3) is 0 Å². The minimum absolute atomic E-state index is 0.0433. The third-order valence-corrected chi connectivity index (χ3v) is 5.34. The normalized spacial score (nSPS) is 18.7. The van der Waals surface area contributed by atoms with Crippen LogP contribution < -0.4 is 10.1 Å². The molecule has 0 aliphatic carbocycles. The molecule has 0 radical (unpaired) electrons. The van der Waals surface area contributed by atoms with Gasteiger partial charge in [-0.1, -0.05) is 84.4 Å². The van der Waals surface area contributed by atoms with Crippen molar-refractivity contribution in [2.45, 2.75) is 12.3 Å². The van der Waals surface area contributed by atoms with Crippen molar-refractivity contribution in [3.8, 4) is 5.75 Å². The smallest absolute Gasteiger partial charge is 0.177 e. The molecule has 0 aromatic heterocycles. The molecule has 0 bridgehead atoms. The Morgan fingerprint density at radius 1 is 0.704 bits per heavy atom. The third-order valence-electron chi connectivity index (χ3n) is 5.09. The summed E-state index contributed by atoms with van der Waals surface area (Å²) in [6.45, 7) is 0. The van der Waals surface area contributed by atoms with Crippen LogP contribution in [0.1, 0.15) is 29.0 Å². The number of benzene rings is 4. The summed E-state index contributed by atoms with van der Waals surface area (Å²) >= 11 is 6.06. The maximum Gasteiger partial charge on any atom is 0.177 e. The van der Waals surface area contributed by atoms with Crippen molar-refractivity contribution in [3.63, 3.8) is 0 Å². The zero-order chi connectivity index (χ0) is 18.2. The molecule has 4 aromatic rings. The number of nitrogens with one attached hydrogen (secondary N) is 1. The molecule has 27 heavy (non-hydrogen) atoms. The highest BCUT2D eigenvalue weighted by Gasteiger charge is 2.31. The van der Waals surface area contributed by atoms with Crippen LogP contribution in [0.5, 0.6) is 5.75 Å². The highest BCUT2D eigenvalue weighted by atomic mass is 35.5. The molecular formula is C24H18ClNO. The fraction of sp³-hybridized carbons (Fsp3) is 0.0833. The zero-order valence-corrected chi connectivity index (χ0v) is 15.4. The van der Waals surface area contributed by atoms with Crippen LogP contribution in [0.4, 0.5) is 0 Å². The number of ether oxygens (including phenoxy) is 1. The lowest BCUT2D eigenvalue weighted by atomic mass is 9.91. The molecule has 0 saturated heterocycles. The SMILES string of the molecule is Clc1ccc([C@H]2N[C@@H](c3ccccc3)c3c(ccc4ccccc34)O2)cc1. The van der Waals surface area contributed by atoms with E-state index in [0.717, 1.165) is 16.3 Å². The van der Waals surface area contributed by atoms with Crippen molar-refractivity contribution in [2.24, 2.45) is 0 Å². The Hall–Kier alpha value is -2.81. The summed E-state index contributed by atoms with van der Waals surface area (Å²) in [5.41, 5.74) is 3.46. The monoisotopic (exact) mass is 371 g/mol. The Morgan fingerprint density at radius 3 is 2.26 bits per heavy atom. The summed E-state index contributed by atoms with van der Waals surface area (Å²) < 4.78 is 6.36. The average molecular weight is 372 g/mol. The first-order chi connectivity index (χ1) is 13.3. The van der Waals surface area contributed by atoms with Crippen molar-refractivity contribution in [2.75, 3.05) is 0 Å². The second-order valence-corrected chi connectivity index (χ2v) is 7.19. The van der Waals surface area contributed by atoms with E-state index in [4.69, 9.17) is 16.3 Å². The Morgan fingerprint density at radius 2 is 1.44 bits per heavy atom. The second kappa shape index (κ2) is 6.73. The van der Waals surface area contributed by atoms with Gasteiger partial charge in [0.15, 0.2) is 6.23 Å². The van der Waals surface area contributed by atoms with Gasteiger partial charge in [0.05, 0.1) is 6.04 Å². The van der Waals surface area contributed by atoms with E-state index in [-0.39, 0.29) is 12.3 Å². The quantitative estimate of drug-likeness (QED) is 0.448.